The fourth-order valence-corrected chi connectivity index (χ4v) is 4.09. The molecule has 1 fully saturated rings. The highest BCUT2D eigenvalue weighted by Crippen LogP contribution is 2.46. The van der Waals surface area contributed by atoms with Gasteiger partial charge >= 0.3 is 5.97 Å². The van der Waals surface area contributed by atoms with Crippen LogP contribution in [-0.2, 0) is 4.79 Å². The van der Waals surface area contributed by atoms with Gasteiger partial charge in [-0.2, -0.15) is 0 Å². The molecular weight excluding hydrogens is 260 g/mol. The number of thiazole rings is 1. The van der Waals surface area contributed by atoms with E-state index in [1.165, 1.54) is 0 Å². The van der Waals surface area contributed by atoms with Gasteiger partial charge in [0.1, 0.15) is 0 Å². The van der Waals surface area contributed by atoms with Crippen LogP contribution in [0.2, 0.25) is 0 Å². The molecule has 100 valence electrons. The summed E-state index contributed by atoms with van der Waals surface area (Å²) in [6.07, 6.45) is 6.28. The second-order valence-electron chi connectivity index (χ2n) is 5.19. The van der Waals surface area contributed by atoms with Gasteiger partial charge in [0.2, 0.25) is 0 Å². The van der Waals surface area contributed by atoms with E-state index in [1.54, 1.807) is 23.7 Å². The first-order valence-corrected chi connectivity index (χ1v) is 7.44. The van der Waals surface area contributed by atoms with Gasteiger partial charge in [0.05, 0.1) is 27.3 Å². The number of carboxylic acid groups (broad SMARTS) is 1. The highest BCUT2D eigenvalue weighted by molar-refractivity contribution is 7.18. The molecular formula is C14H16N2O2S. The minimum absolute atomic E-state index is 0.0693. The van der Waals surface area contributed by atoms with E-state index in [0.717, 1.165) is 34.5 Å². The number of fused-ring (bicyclic) bond motifs is 1. The molecule has 1 aliphatic carbocycles. The molecule has 4 nitrogen and oxygen atoms in total. The third kappa shape index (κ3) is 2.23. The molecule has 3 atom stereocenters. The zero-order valence-electron chi connectivity index (χ0n) is 10.7. The molecule has 19 heavy (non-hydrogen) atoms. The molecule has 2 aromatic rings. The van der Waals surface area contributed by atoms with Crippen LogP contribution >= 0.6 is 11.3 Å². The molecule has 0 aliphatic heterocycles. The third-order valence-corrected chi connectivity index (χ3v) is 5.25. The van der Waals surface area contributed by atoms with Crippen LogP contribution in [0.4, 0.5) is 0 Å². The first kappa shape index (κ1) is 12.5. The van der Waals surface area contributed by atoms with Gasteiger partial charge in [-0.15, -0.1) is 11.3 Å². The second kappa shape index (κ2) is 4.89. The van der Waals surface area contributed by atoms with E-state index in [4.69, 9.17) is 0 Å². The van der Waals surface area contributed by atoms with Crippen molar-refractivity contribution in [3.8, 4) is 0 Å². The molecule has 0 aromatic carbocycles. The Kier molecular flexibility index (Phi) is 3.22. The monoisotopic (exact) mass is 276 g/mol. The molecule has 0 saturated heterocycles. The topological polar surface area (TPSA) is 63.1 Å². The molecule has 5 heteroatoms. The average molecular weight is 276 g/mol. The number of pyridine rings is 1. The summed E-state index contributed by atoms with van der Waals surface area (Å²) >= 11 is 1.61. The Labute approximate surface area is 115 Å². The number of carbonyl (C=O) groups is 1. The van der Waals surface area contributed by atoms with E-state index >= 15 is 0 Å². The van der Waals surface area contributed by atoms with Crippen molar-refractivity contribution in [1.82, 2.24) is 9.97 Å². The average Bonchev–Trinajstić information content (AvgIpc) is 3.02. The highest BCUT2D eigenvalue weighted by atomic mass is 32.1. The Morgan fingerprint density at radius 1 is 1.53 bits per heavy atom. The summed E-state index contributed by atoms with van der Waals surface area (Å²) in [5, 5.41) is 10.4. The largest absolute Gasteiger partial charge is 0.481 e. The van der Waals surface area contributed by atoms with Crippen LogP contribution < -0.4 is 0 Å². The Balaban J connectivity index is 1.97. The van der Waals surface area contributed by atoms with Crippen LogP contribution in [0.15, 0.2) is 18.5 Å². The number of carboxylic acids is 1. The van der Waals surface area contributed by atoms with E-state index in [9.17, 15) is 9.90 Å². The number of aromatic nitrogens is 2. The second-order valence-corrected chi connectivity index (χ2v) is 6.25. The summed E-state index contributed by atoms with van der Waals surface area (Å²) in [6.45, 7) is 2.13. The number of aliphatic carboxylic acids is 1. The molecule has 0 radical (unpaired) electrons. The third-order valence-electron chi connectivity index (χ3n) is 4.08. The van der Waals surface area contributed by atoms with Gasteiger partial charge < -0.3 is 5.11 Å². The molecule has 0 bridgehead atoms. The molecule has 3 unspecified atom stereocenters. The van der Waals surface area contributed by atoms with Gasteiger partial charge in [0, 0.05) is 12.1 Å². The lowest BCUT2D eigenvalue weighted by Gasteiger charge is -2.11. The highest BCUT2D eigenvalue weighted by Gasteiger charge is 2.40. The summed E-state index contributed by atoms with van der Waals surface area (Å²) in [5.74, 6) is -0.382. The van der Waals surface area contributed by atoms with Crippen molar-refractivity contribution in [1.29, 1.82) is 0 Å². The van der Waals surface area contributed by atoms with E-state index in [-0.39, 0.29) is 11.8 Å². The normalized spacial score (nSPS) is 26.9. The Bertz CT molecular complexity index is 577. The fourth-order valence-electron chi connectivity index (χ4n) is 2.98. The van der Waals surface area contributed by atoms with Gasteiger partial charge in [0.25, 0.3) is 0 Å². The van der Waals surface area contributed by atoms with Crippen molar-refractivity contribution >= 4 is 27.5 Å². The van der Waals surface area contributed by atoms with Crippen molar-refractivity contribution in [2.24, 2.45) is 11.8 Å². The lowest BCUT2D eigenvalue weighted by molar-refractivity contribution is -0.142. The van der Waals surface area contributed by atoms with E-state index in [0.29, 0.717) is 5.92 Å². The van der Waals surface area contributed by atoms with Crippen molar-refractivity contribution in [3.63, 3.8) is 0 Å². The molecule has 2 aromatic heterocycles. The van der Waals surface area contributed by atoms with Crippen molar-refractivity contribution in [2.45, 2.75) is 32.1 Å². The van der Waals surface area contributed by atoms with Gasteiger partial charge in [-0.3, -0.25) is 9.78 Å². The van der Waals surface area contributed by atoms with Crippen molar-refractivity contribution < 1.29 is 9.90 Å². The molecule has 3 rings (SSSR count). The molecule has 1 N–H and O–H groups in total. The van der Waals surface area contributed by atoms with Crippen LogP contribution in [0.5, 0.6) is 0 Å². The Morgan fingerprint density at radius 2 is 2.37 bits per heavy atom. The van der Waals surface area contributed by atoms with Gasteiger partial charge in [-0.05, 0) is 24.8 Å². The zero-order valence-corrected chi connectivity index (χ0v) is 11.6. The van der Waals surface area contributed by atoms with E-state index in [1.807, 2.05) is 6.07 Å². The minimum Gasteiger partial charge on any atom is -0.481 e. The van der Waals surface area contributed by atoms with Gasteiger partial charge in [-0.1, -0.05) is 13.3 Å². The van der Waals surface area contributed by atoms with Gasteiger partial charge in [0.15, 0.2) is 0 Å². The maximum atomic E-state index is 11.4. The predicted molar refractivity (Wildman–Crippen MR) is 74.3 cm³/mol. The van der Waals surface area contributed by atoms with Crippen molar-refractivity contribution in [3.05, 3.63) is 23.5 Å². The van der Waals surface area contributed by atoms with Crippen LogP contribution in [0.1, 0.15) is 37.1 Å². The van der Waals surface area contributed by atoms with Crippen LogP contribution in [0.25, 0.3) is 10.2 Å². The number of hydrogen-bond acceptors (Lipinski definition) is 4. The maximum absolute atomic E-state index is 11.4. The first-order valence-electron chi connectivity index (χ1n) is 6.62. The van der Waals surface area contributed by atoms with E-state index in [2.05, 4.69) is 16.9 Å². The molecule has 2 heterocycles. The number of hydrogen-bond donors (Lipinski definition) is 1. The predicted octanol–water partition coefficient (Wildman–Crippen LogP) is 3.30. The number of rotatable bonds is 3. The fraction of sp³-hybridized carbons (Fsp3) is 0.500. The lowest BCUT2D eigenvalue weighted by Crippen LogP contribution is -2.16. The lowest BCUT2D eigenvalue weighted by atomic mass is 9.97. The van der Waals surface area contributed by atoms with Crippen molar-refractivity contribution in [2.75, 3.05) is 0 Å². The SMILES string of the molecule is CCC1CC(C(=O)O)C(c2nc3cnccc3s2)C1. The quantitative estimate of drug-likeness (QED) is 0.934. The van der Waals surface area contributed by atoms with Crippen LogP contribution in [0.3, 0.4) is 0 Å². The maximum Gasteiger partial charge on any atom is 0.307 e. The van der Waals surface area contributed by atoms with Crippen LogP contribution in [0, 0.1) is 11.8 Å². The standard InChI is InChI=1S/C14H16N2O2S/c1-2-8-5-9(10(6-8)14(17)18)13-16-11-7-15-4-3-12(11)19-13/h3-4,7-10H,2,5-6H2,1H3,(H,17,18). The molecule has 0 amide bonds. The Morgan fingerprint density at radius 3 is 3.05 bits per heavy atom. The summed E-state index contributed by atoms with van der Waals surface area (Å²) in [5.41, 5.74) is 0.881. The summed E-state index contributed by atoms with van der Waals surface area (Å²) < 4.78 is 1.09. The zero-order chi connectivity index (χ0) is 13.4. The first-order chi connectivity index (χ1) is 9.19. The van der Waals surface area contributed by atoms with Gasteiger partial charge in [-0.25, -0.2) is 4.98 Å². The van der Waals surface area contributed by atoms with E-state index < -0.39 is 5.97 Å². The number of nitrogens with zero attached hydrogens (tertiary/aromatic N) is 2. The summed E-state index contributed by atoms with van der Waals surface area (Å²) in [7, 11) is 0. The smallest absolute Gasteiger partial charge is 0.307 e. The summed E-state index contributed by atoms with van der Waals surface area (Å²) in [6, 6.07) is 1.94. The van der Waals surface area contributed by atoms with Crippen LogP contribution in [-0.4, -0.2) is 21.0 Å². The molecule has 0 spiro atoms. The summed E-state index contributed by atoms with van der Waals surface area (Å²) in [4.78, 5) is 20.1. The Hall–Kier alpha value is -1.49. The molecule has 1 aliphatic rings. The molecule has 1 saturated carbocycles. The minimum atomic E-state index is -0.682.